The molecule has 0 atom stereocenters. The lowest BCUT2D eigenvalue weighted by molar-refractivity contribution is -0.116. The van der Waals surface area contributed by atoms with E-state index in [1.165, 1.54) is 11.8 Å². The molecule has 2 rings (SSSR count). The summed E-state index contributed by atoms with van der Waals surface area (Å²) in [7, 11) is 1.70. The van der Waals surface area contributed by atoms with Crippen molar-refractivity contribution in [3.63, 3.8) is 0 Å². The predicted octanol–water partition coefficient (Wildman–Crippen LogP) is 4.35. The number of rotatable bonds is 6. The first-order valence-electron chi connectivity index (χ1n) is 8.71. The van der Waals surface area contributed by atoms with Crippen molar-refractivity contribution in [2.75, 3.05) is 23.9 Å². The quantitative estimate of drug-likeness (QED) is 0.623. The fourth-order valence-electron chi connectivity index (χ4n) is 2.26. The summed E-state index contributed by atoms with van der Waals surface area (Å²) in [6, 6.07) is 12.3. The maximum absolute atomic E-state index is 12.4. The number of amides is 2. The van der Waals surface area contributed by atoms with Gasteiger partial charge in [-0.05, 0) is 77.0 Å². The highest BCUT2D eigenvalue weighted by atomic mass is 79.9. The summed E-state index contributed by atoms with van der Waals surface area (Å²) in [5.74, 6) is 0.309. The Labute approximate surface area is 178 Å². The van der Waals surface area contributed by atoms with Crippen molar-refractivity contribution >= 4 is 56.4 Å². The van der Waals surface area contributed by atoms with Crippen LogP contribution in [0, 0.1) is 0 Å². The number of hydrogen-bond acceptors (Lipinski definition) is 4. The van der Waals surface area contributed by atoms with E-state index >= 15 is 0 Å². The van der Waals surface area contributed by atoms with Gasteiger partial charge in [0, 0.05) is 30.9 Å². The maximum atomic E-state index is 12.4. The number of carbonyl (C=O) groups is 2. The van der Waals surface area contributed by atoms with E-state index in [4.69, 9.17) is 17.0 Å². The summed E-state index contributed by atoms with van der Waals surface area (Å²) < 4.78 is 6.29. The number of ether oxygens (including phenoxy) is 1. The Bertz CT molecular complexity index is 871. The summed E-state index contributed by atoms with van der Waals surface area (Å²) in [6.07, 6.45) is 0.903. The highest BCUT2D eigenvalue weighted by molar-refractivity contribution is 9.10. The van der Waals surface area contributed by atoms with E-state index in [-0.39, 0.29) is 16.9 Å². The molecule has 148 valence electrons. The fraction of sp³-hybridized carbons (Fsp3) is 0.250. The van der Waals surface area contributed by atoms with Crippen LogP contribution in [0.2, 0.25) is 0 Å². The summed E-state index contributed by atoms with van der Waals surface area (Å²) in [5, 5.41) is 5.78. The molecular weight excluding hydrogens is 442 g/mol. The van der Waals surface area contributed by atoms with Gasteiger partial charge in [-0.2, -0.15) is 0 Å². The minimum absolute atomic E-state index is 0.0548. The van der Waals surface area contributed by atoms with Gasteiger partial charge in [-0.1, -0.05) is 6.92 Å². The zero-order valence-electron chi connectivity index (χ0n) is 15.9. The first-order chi connectivity index (χ1) is 13.3. The highest BCUT2D eigenvalue weighted by Gasteiger charge is 2.11. The Balaban J connectivity index is 1.96. The molecule has 0 aliphatic rings. The van der Waals surface area contributed by atoms with E-state index in [2.05, 4.69) is 26.6 Å². The van der Waals surface area contributed by atoms with Gasteiger partial charge < -0.3 is 15.0 Å². The second-order valence-corrected chi connectivity index (χ2v) is 7.29. The summed E-state index contributed by atoms with van der Waals surface area (Å²) in [6.45, 7) is 4.13. The molecular formula is C20H22BrN3O3S. The van der Waals surface area contributed by atoms with Crippen LogP contribution in [0.25, 0.3) is 0 Å². The van der Waals surface area contributed by atoms with Crippen LogP contribution in [0.4, 0.5) is 11.4 Å². The van der Waals surface area contributed by atoms with Gasteiger partial charge in [0.1, 0.15) is 5.75 Å². The van der Waals surface area contributed by atoms with Crippen LogP contribution in [0.1, 0.15) is 30.6 Å². The average molecular weight is 464 g/mol. The molecule has 2 aromatic rings. The van der Waals surface area contributed by atoms with Crippen LogP contribution < -0.4 is 20.3 Å². The first kappa shape index (κ1) is 21.8. The van der Waals surface area contributed by atoms with Crippen LogP contribution in [-0.2, 0) is 4.79 Å². The Morgan fingerprint density at radius 2 is 1.86 bits per heavy atom. The topological polar surface area (TPSA) is 70.7 Å². The third-order valence-corrected chi connectivity index (χ3v) is 4.69. The van der Waals surface area contributed by atoms with E-state index in [0.29, 0.717) is 28.1 Å². The minimum Gasteiger partial charge on any atom is -0.492 e. The second-order valence-electron chi connectivity index (χ2n) is 6.03. The molecule has 0 fully saturated rings. The molecule has 0 heterocycles. The molecule has 0 saturated heterocycles. The third kappa shape index (κ3) is 6.03. The molecule has 28 heavy (non-hydrogen) atoms. The zero-order valence-corrected chi connectivity index (χ0v) is 18.3. The molecule has 2 amide bonds. The summed E-state index contributed by atoms with van der Waals surface area (Å²) in [4.78, 5) is 25.3. The molecule has 0 bridgehead atoms. The van der Waals surface area contributed by atoms with Gasteiger partial charge in [0.25, 0.3) is 5.91 Å². The van der Waals surface area contributed by atoms with Crippen molar-refractivity contribution in [3.8, 4) is 5.75 Å². The zero-order chi connectivity index (χ0) is 20.7. The van der Waals surface area contributed by atoms with E-state index in [0.717, 1.165) is 12.1 Å². The number of benzene rings is 2. The van der Waals surface area contributed by atoms with Crippen molar-refractivity contribution in [1.82, 2.24) is 5.32 Å². The number of halogens is 1. The molecule has 0 radical (unpaired) electrons. The molecule has 6 nitrogen and oxygen atoms in total. The standard InChI is InChI=1S/C20H22BrN3O3S/c1-4-11-27-18-10-5-14(12-17(18)21)19(26)23-20(28)22-15-6-8-16(9-7-15)24(3)13(2)25/h5-10,12H,4,11H2,1-3H3,(H2,22,23,26,28). The Kier molecular flexibility index (Phi) is 7.95. The van der Waals surface area contributed by atoms with Crippen LogP contribution in [-0.4, -0.2) is 30.6 Å². The van der Waals surface area contributed by atoms with Gasteiger partial charge in [-0.3, -0.25) is 14.9 Å². The number of carbonyl (C=O) groups excluding carboxylic acids is 2. The van der Waals surface area contributed by atoms with Gasteiger partial charge in [-0.25, -0.2) is 0 Å². The lowest BCUT2D eigenvalue weighted by Crippen LogP contribution is -2.34. The van der Waals surface area contributed by atoms with E-state index in [1.54, 1.807) is 49.5 Å². The number of anilines is 2. The molecule has 0 saturated carbocycles. The number of thiocarbonyl (C=S) groups is 1. The Morgan fingerprint density at radius 1 is 1.18 bits per heavy atom. The Hall–Kier alpha value is -2.45. The van der Waals surface area contributed by atoms with Crippen molar-refractivity contribution in [2.24, 2.45) is 0 Å². The monoisotopic (exact) mass is 463 g/mol. The largest absolute Gasteiger partial charge is 0.492 e. The van der Waals surface area contributed by atoms with Crippen LogP contribution in [0.5, 0.6) is 5.75 Å². The lowest BCUT2D eigenvalue weighted by Gasteiger charge is -2.16. The van der Waals surface area contributed by atoms with Gasteiger partial charge >= 0.3 is 0 Å². The normalized spacial score (nSPS) is 10.1. The predicted molar refractivity (Wildman–Crippen MR) is 119 cm³/mol. The summed E-state index contributed by atoms with van der Waals surface area (Å²) in [5.41, 5.74) is 1.93. The van der Waals surface area contributed by atoms with E-state index < -0.39 is 0 Å². The van der Waals surface area contributed by atoms with Gasteiger partial charge in [0.2, 0.25) is 5.91 Å². The third-order valence-electron chi connectivity index (χ3n) is 3.87. The number of hydrogen-bond donors (Lipinski definition) is 2. The highest BCUT2D eigenvalue weighted by Crippen LogP contribution is 2.26. The molecule has 0 aliphatic heterocycles. The molecule has 0 aromatic heterocycles. The van der Waals surface area contributed by atoms with Crippen LogP contribution in [0.3, 0.4) is 0 Å². The molecule has 8 heteroatoms. The van der Waals surface area contributed by atoms with Crippen LogP contribution >= 0.6 is 28.1 Å². The smallest absolute Gasteiger partial charge is 0.257 e. The van der Waals surface area contributed by atoms with Crippen LogP contribution in [0.15, 0.2) is 46.9 Å². The second kappa shape index (κ2) is 10.2. The molecule has 0 aliphatic carbocycles. The molecule has 0 spiro atoms. The lowest BCUT2D eigenvalue weighted by atomic mass is 10.2. The van der Waals surface area contributed by atoms with E-state index in [9.17, 15) is 9.59 Å². The number of nitrogens with one attached hydrogen (secondary N) is 2. The Morgan fingerprint density at radius 3 is 2.43 bits per heavy atom. The van der Waals surface area contributed by atoms with Gasteiger partial charge in [0.05, 0.1) is 11.1 Å². The van der Waals surface area contributed by atoms with Gasteiger partial charge in [0.15, 0.2) is 5.11 Å². The van der Waals surface area contributed by atoms with Gasteiger partial charge in [-0.15, -0.1) is 0 Å². The summed E-state index contributed by atoms with van der Waals surface area (Å²) >= 11 is 8.62. The van der Waals surface area contributed by atoms with Crippen molar-refractivity contribution in [3.05, 3.63) is 52.5 Å². The average Bonchev–Trinajstić information content (AvgIpc) is 2.66. The molecule has 2 aromatic carbocycles. The number of nitrogens with zero attached hydrogens (tertiary/aromatic N) is 1. The first-order valence-corrected chi connectivity index (χ1v) is 9.91. The van der Waals surface area contributed by atoms with E-state index in [1.807, 2.05) is 6.92 Å². The maximum Gasteiger partial charge on any atom is 0.257 e. The molecule has 2 N–H and O–H groups in total. The SMILES string of the molecule is CCCOc1ccc(C(=O)NC(=S)Nc2ccc(N(C)C(C)=O)cc2)cc1Br. The minimum atomic E-state index is -0.326. The fourth-order valence-corrected chi connectivity index (χ4v) is 2.96. The van der Waals surface area contributed by atoms with Crippen molar-refractivity contribution < 1.29 is 14.3 Å². The molecule has 0 unspecified atom stereocenters. The van der Waals surface area contributed by atoms with Crippen molar-refractivity contribution in [2.45, 2.75) is 20.3 Å². The van der Waals surface area contributed by atoms with Crippen molar-refractivity contribution in [1.29, 1.82) is 0 Å².